The number of hydrogen-bond acceptors (Lipinski definition) is 6. The number of carbonyl (C=O) groups excluding carboxylic acids is 2. The molecule has 9 heteroatoms. The van der Waals surface area contributed by atoms with Crippen LogP contribution in [0.5, 0.6) is 5.75 Å². The Kier molecular flexibility index (Phi) is 6.80. The van der Waals surface area contributed by atoms with Crippen LogP contribution in [-0.2, 0) is 16.1 Å². The zero-order chi connectivity index (χ0) is 23.4. The number of rotatable bonds is 7. The second-order valence-corrected chi connectivity index (χ2v) is 8.59. The Hall–Kier alpha value is -3.17. The van der Waals surface area contributed by atoms with E-state index >= 15 is 0 Å². The molecule has 33 heavy (non-hydrogen) atoms. The van der Waals surface area contributed by atoms with Gasteiger partial charge in [0.25, 0.3) is 0 Å². The lowest BCUT2D eigenvalue weighted by atomic mass is 9.95. The van der Waals surface area contributed by atoms with Gasteiger partial charge in [0, 0.05) is 6.54 Å². The first-order chi connectivity index (χ1) is 15.9. The standard InChI is InChI=1S/C24H27FN2O6/c25-20-10-17(19-11-18(12-28)26-22(19)29)6-7-21(20)33-15-24(31)8-9-27(14-24)23(30)32-13-16-4-2-1-3-5-16/h1-7,10,18-19,28,31H,8-9,11-15H2,(H,26,29)/t18?,19-,24?/m1/s1. The second kappa shape index (κ2) is 9.76. The summed E-state index contributed by atoms with van der Waals surface area (Å²) in [6.07, 6.45) is 0.143. The van der Waals surface area contributed by atoms with Crippen LogP contribution in [-0.4, -0.2) is 65.1 Å². The molecule has 0 saturated carbocycles. The third-order valence-corrected chi connectivity index (χ3v) is 6.05. The third kappa shape index (κ3) is 5.43. The van der Waals surface area contributed by atoms with Gasteiger partial charge >= 0.3 is 6.09 Å². The summed E-state index contributed by atoms with van der Waals surface area (Å²) < 4.78 is 25.4. The molecule has 2 unspecified atom stereocenters. The lowest BCUT2D eigenvalue weighted by Crippen LogP contribution is -2.40. The van der Waals surface area contributed by atoms with Crippen molar-refractivity contribution in [2.75, 3.05) is 26.3 Å². The number of carbonyl (C=O) groups is 2. The fourth-order valence-corrected chi connectivity index (χ4v) is 4.16. The highest BCUT2D eigenvalue weighted by Crippen LogP contribution is 2.31. The quantitative estimate of drug-likeness (QED) is 0.585. The second-order valence-electron chi connectivity index (χ2n) is 8.59. The number of likely N-dealkylation sites (tertiary alicyclic amines) is 1. The smallest absolute Gasteiger partial charge is 0.410 e. The molecular formula is C24H27FN2O6. The first kappa shape index (κ1) is 23.0. The Balaban J connectivity index is 1.30. The molecule has 2 aliphatic rings. The molecule has 0 aliphatic carbocycles. The number of halogens is 1. The molecular weight excluding hydrogens is 431 g/mol. The van der Waals surface area contributed by atoms with Crippen molar-refractivity contribution in [2.24, 2.45) is 0 Å². The molecule has 0 spiro atoms. The highest BCUT2D eigenvalue weighted by atomic mass is 19.1. The Bertz CT molecular complexity index is 1000. The van der Waals surface area contributed by atoms with Crippen LogP contribution in [0.3, 0.4) is 0 Å². The van der Waals surface area contributed by atoms with E-state index in [-0.39, 0.29) is 50.5 Å². The van der Waals surface area contributed by atoms with E-state index in [1.165, 1.54) is 17.0 Å². The van der Waals surface area contributed by atoms with E-state index in [4.69, 9.17) is 9.47 Å². The predicted octanol–water partition coefficient (Wildman–Crippen LogP) is 1.94. The first-order valence-corrected chi connectivity index (χ1v) is 10.9. The Morgan fingerprint density at radius 3 is 2.73 bits per heavy atom. The molecule has 2 aromatic rings. The van der Waals surface area contributed by atoms with Crippen molar-refractivity contribution in [1.82, 2.24) is 10.2 Å². The summed E-state index contributed by atoms with van der Waals surface area (Å²) in [5.41, 5.74) is 0.0427. The van der Waals surface area contributed by atoms with Gasteiger partial charge in [-0.1, -0.05) is 36.4 Å². The molecule has 3 N–H and O–H groups in total. The molecule has 0 bridgehead atoms. The van der Waals surface area contributed by atoms with Crippen LogP contribution >= 0.6 is 0 Å². The number of hydrogen-bond donors (Lipinski definition) is 3. The largest absolute Gasteiger partial charge is 0.487 e. The maximum Gasteiger partial charge on any atom is 0.410 e. The first-order valence-electron chi connectivity index (χ1n) is 10.9. The molecule has 2 amide bonds. The minimum absolute atomic E-state index is 0.0190. The van der Waals surface area contributed by atoms with Gasteiger partial charge in [0.2, 0.25) is 5.91 Å². The average molecular weight is 458 g/mol. The average Bonchev–Trinajstić information content (AvgIpc) is 3.40. The topological polar surface area (TPSA) is 108 Å². The molecule has 2 fully saturated rings. The molecule has 2 aliphatic heterocycles. The maximum absolute atomic E-state index is 14.6. The normalized spacial score (nSPS) is 24.6. The fraction of sp³-hybridized carbons (Fsp3) is 0.417. The molecule has 2 heterocycles. The molecule has 0 radical (unpaired) electrons. The molecule has 0 aromatic heterocycles. The number of aliphatic hydroxyl groups excluding tert-OH is 1. The van der Waals surface area contributed by atoms with Gasteiger partial charge in [-0.25, -0.2) is 9.18 Å². The highest BCUT2D eigenvalue weighted by Gasteiger charge is 2.40. The predicted molar refractivity (Wildman–Crippen MR) is 116 cm³/mol. The summed E-state index contributed by atoms with van der Waals surface area (Å²) in [6.45, 7) is 0.104. The monoisotopic (exact) mass is 458 g/mol. The van der Waals surface area contributed by atoms with Crippen LogP contribution in [0.4, 0.5) is 9.18 Å². The van der Waals surface area contributed by atoms with E-state index in [1.807, 2.05) is 30.3 Å². The van der Waals surface area contributed by atoms with E-state index in [0.29, 0.717) is 18.5 Å². The Labute approximate surface area is 190 Å². The van der Waals surface area contributed by atoms with Gasteiger partial charge in [0.05, 0.1) is 25.1 Å². The van der Waals surface area contributed by atoms with Crippen molar-refractivity contribution in [3.8, 4) is 5.75 Å². The van der Waals surface area contributed by atoms with E-state index in [9.17, 15) is 24.2 Å². The zero-order valence-corrected chi connectivity index (χ0v) is 18.1. The van der Waals surface area contributed by atoms with Crippen molar-refractivity contribution < 1.29 is 33.7 Å². The van der Waals surface area contributed by atoms with Crippen molar-refractivity contribution in [3.05, 3.63) is 65.5 Å². The summed E-state index contributed by atoms with van der Waals surface area (Å²) in [5, 5.41) is 22.7. The van der Waals surface area contributed by atoms with Crippen molar-refractivity contribution >= 4 is 12.0 Å². The number of nitrogens with one attached hydrogen (secondary N) is 1. The Morgan fingerprint density at radius 1 is 1.24 bits per heavy atom. The van der Waals surface area contributed by atoms with E-state index < -0.39 is 23.4 Å². The summed E-state index contributed by atoms with van der Waals surface area (Å²) in [7, 11) is 0. The SMILES string of the molecule is O=C1NC(CO)C[C@@H]1c1ccc(OCC2(O)CCN(C(=O)OCc3ccccc3)C2)c(F)c1. The summed E-state index contributed by atoms with van der Waals surface area (Å²) >= 11 is 0. The number of aliphatic hydroxyl groups is 2. The van der Waals surface area contributed by atoms with Gasteiger partial charge in [-0.15, -0.1) is 0 Å². The minimum Gasteiger partial charge on any atom is -0.487 e. The minimum atomic E-state index is -1.32. The molecule has 2 saturated heterocycles. The molecule has 176 valence electrons. The number of β-amino-alcohol motifs (C(OH)–C–C–N with tert-alkyl or cyclic N) is 1. The molecule has 2 aromatic carbocycles. The van der Waals surface area contributed by atoms with Gasteiger partial charge in [-0.2, -0.15) is 0 Å². The van der Waals surface area contributed by atoms with E-state index in [2.05, 4.69) is 5.32 Å². The van der Waals surface area contributed by atoms with Crippen LogP contribution in [0.1, 0.15) is 29.9 Å². The van der Waals surface area contributed by atoms with Gasteiger partial charge in [0.1, 0.15) is 18.8 Å². The molecule has 4 rings (SSSR count). The third-order valence-electron chi connectivity index (χ3n) is 6.05. The fourth-order valence-electron chi connectivity index (χ4n) is 4.16. The van der Waals surface area contributed by atoms with Crippen LogP contribution in [0, 0.1) is 5.82 Å². The van der Waals surface area contributed by atoms with Crippen LogP contribution in [0.25, 0.3) is 0 Å². The number of nitrogens with zero attached hydrogens (tertiary/aromatic N) is 1. The van der Waals surface area contributed by atoms with Crippen molar-refractivity contribution in [2.45, 2.75) is 37.0 Å². The van der Waals surface area contributed by atoms with E-state index in [0.717, 1.165) is 5.56 Å². The van der Waals surface area contributed by atoms with Crippen molar-refractivity contribution in [3.63, 3.8) is 0 Å². The van der Waals surface area contributed by atoms with E-state index in [1.54, 1.807) is 6.07 Å². The van der Waals surface area contributed by atoms with Crippen LogP contribution in [0.2, 0.25) is 0 Å². The summed E-state index contributed by atoms with van der Waals surface area (Å²) in [5.74, 6) is -1.47. The molecule has 8 nitrogen and oxygen atoms in total. The van der Waals surface area contributed by atoms with Gasteiger partial charge < -0.3 is 29.9 Å². The van der Waals surface area contributed by atoms with Crippen molar-refractivity contribution in [1.29, 1.82) is 0 Å². The maximum atomic E-state index is 14.6. The number of ether oxygens (including phenoxy) is 2. The van der Waals surface area contributed by atoms with Gasteiger partial charge in [-0.05, 0) is 36.1 Å². The van der Waals surface area contributed by atoms with Crippen LogP contribution in [0.15, 0.2) is 48.5 Å². The van der Waals surface area contributed by atoms with Crippen LogP contribution < -0.4 is 10.1 Å². The lowest BCUT2D eigenvalue weighted by molar-refractivity contribution is -0.120. The summed E-state index contributed by atoms with van der Waals surface area (Å²) in [6, 6.07) is 13.2. The lowest BCUT2D eigenvalue weighted by Gasteiger charge is -2.23. The van der Waals surface area contributed by atoms with Gasteiger partial charge in [0.15, 0.2) is 11.6 Å². The summed E-state index contributed by atoms with van der Waals surface area (Å²) in [4.78, 5) is 25.8. The number of benzene rings is 2. The zero-order valence-electron chi connectivity index (χ0n) is 18.1. The Morgan fingerprint density at radius 2 is 2.03 bits per heavy atom. The molecule has 3 atom stereocenters. The van der Waals surface area contributed by atoms with Gasteiger partial charge in [-0.3, -0.25) is 4.79 Å². The number of amides is 2. The highest BCUT2D eigenvalue weighted by molar-refractivity contribution is 5.86.